The minimum absolute atomic E-state index is 0.104. The average molecular weight is 921 g/mol. The third kappa shape index (κ3) is 10.1. The molecule has 0 spiro atoms. The van der Waals surface area contributed by atoms with Gasteiger partial charge in [-0.3, -0.25) is 0 Å². The Labute approximate surface area is 422 Å². The van der Waals surface area contributed by atoms with Crippen LogP contribution in [0.25, 0.3) is 60.9 Å². The number of rotatable bonds is 16. The molecule has 350 valence electrons. The minimum Gasteiger partial charge on any atom is -0.317 e. The first-order chi connectivity index (χ1) is 34.9. The van der Waals surface area contributed by atoms with Gasteiger partial charge >= 0.3 is 0 Å². The van der Waals surface area contributed by atoms with E-state index in [1.54, 1.807) is 0 Å². The van der Waals surface area contributed by atoms with Crippen LogP contribution in [0.1, 0.15) is 70.1 Å². The fourth-order valence-electron chi connectivity index (χ4n) is 10.3. The molecule has 0 amide bonds. The molecule has 1 aromatic heterocycles. The fourth-order valence-corrected chi connectivity index (χ4v) is 10.3. The summed E-state index contributed by atoms with van der Waals surface area (Å²) in [5.74, 6) is 0. The van der Waals surface area contributed by atoms with Gasteiger partial charge in [-0.2, -0.15) is 0 Å². The molecule has 1 unspecified atom stereocenters. The Balaban J connectivity index is 1.07. The normalized spacial score (nSPS) is 15.8. The molecule has 2 heteroatoms. The molecule has 1 aliphatic rings. The van der Waals surface area contributed by atoms with Crippen LogP contribution in [0.2, 0.25) is 0 Å². The van der Waals surface area contributed by atoms with E-state index in [0.29, 0.717) is 0 Å². The topological polar surface area (TPSA) is 8.17 Å². The van der Waals surface area contributed by atoms with Crippen molar-refractivity contribution >= 4 is 44.3 Å². The van der Waals surface area contributed by atoms with Gasteiger partial charge in [0.25, 0.3) is 0 Å². The highest BCUT2D eigenvalue weighted by atomic mass is 15.1. The molecule has 2 nitrogen and oxygen atoms in total. The summed E-state index contributed by atoms with van der Waals surface area (Å²) in [5.41, 5.74) is 18.7. The van der Waals surface area contributed by atoms with Gasteiger partial charge in [-0.15, -0.1) is 0 Å². The fraction of sp³-hybridized carbons (Fsp3) is 0.130. The Hall–Kier alpha value is -8.20. The molecular formula is C69H64N2. The molecule has 9 rings (SSSR count). The van der Waals surface area contributed by atoms with Gasteiger partial charge in [-0.1, -0.05) is 197 Å². The second-order valence-electron chi connectivity index (χ2n) is 18.5. The molecule has 0 saturated carbocycles. The van der Waals surface area contributed by atoms with E-state index in [9.17, 15) is 0 Å². The first-order valence-corrected chi connectivity index (χ1v) is 25.2. The lowest BCUT2D eigenvalue weighted by Crippen LogP contribution is -2.28. The molecule has 0 saturated heterocycles. The summed E-state index contributed by atoms with van der Waals surface area (Å²) in [6.45, 7) is 17.0. The molecular weight excluding hydrogens is 857 g/mol. The number of nitrogens with zero attached hydrogens (tertiary/aromatic N) is 2. The third-order valence-corrected chi connectivity index (χ3v) is 14.1. The second kappa shape index (κ2) is 22.0. The molecule has 71 heavy (non-hydrogen) atoms. The Kier molecular flexibility index (Phi) is 14.9. The van der Waals surface area contributed by atoms with E-state index < -0.39 is 0 Å². The summed E-state index contributed by atoms with van der Waals surface area (Å²) in [6.07, 6.45) is 30.2. The SMILES string of the molecule is C=C/C=C(\C=C/N(c1ccc(-c2ccccc2)cc1)c1ccc(-c2ccc(-n3c4ccc(/C(C=C)=C/C=C\C)cc4c4cc(C(/C=C\CC)=C/C)ccc43)cc2)cc1)C1=CCCCC1(C)c1ccccc1. The smallest absolute Gasteiger partial charge is 0.0541 e. The number of fused-ring (bicyclic) bond motifs is 3. The van der Waals surface area contributed by atoms with Gasteiger partial charge in [-0.05, 0) is 168 Å². The van der Waals surface area contributed by atoms with Crippen molar-refractivity contribution in [2.24, 2.45) is 0 Å². The Morgan fingerprint density at radius 1 is 0.620 bits per heavy atom. The summed E-state index contributed by atoms with van der Waals surface area (Å²) in [4.78, 5) is 2.30. The van der Waals surface area contributed by atoms with Gasteiger partial charge in [0.15, 0.2) is 0 Å². The van der Waals surface area contributed by atoms with E-state index in [1.807, 2.05) is 19.1 Å². The van der Waals surface area contributed by atoms with Crippen molar-refractivity contribution in [1.29, 1.82) is 0 Å². The van der Waals surface area contributed by atoms with Gasteiger partial charge in [0.05, 0.1) is 11.0 Å². The largest absolute Gasteiger partial charge is 0.317 e. The summed E-state index contributed by atoms with van der Waals surface area (Å²) in [6, 6.07) is 62.1. The number of hydrogen-bond donors (Lipinski definition) is 0. The average Bonchev–Trinajstić information content (AvgIpc) is 3.75. The van der Waals surface area contributed by atoms with E-state index in [4.69, 9.17) is 0 Å². The van der Waals surface area contributed by atoms with E-state index in [2.05, 4.69) is 274 Å². The van der Waals surface area contributed by atoms with Crippen molar-refractivity contribution in [2.75, 3.05) is 4.90 Å². The number of hydrogen-bond acceptors (Lipinski definition) is 1. The number of benzene rings is 7. The molecule has 0 aliphatic heterocycles. The lowest BCUT2D eigenvalue weighted by molar-refractivity contribution is 0.472. The zero-order valence-electron chi connectivity index (χ0n) is 41.7. The highest BCUT2D eigenvalue weighted by Crippen LogP contribution is 2.45. The van der Waals surface area contributed by atoms with Crippen LogP contribution in [0.3, 0.4) is 0 Å². The molecule has 0 bridgehead atoms. The number of anilines is 2. The van der Waals surface area contributed by atoms with E-state index in [1.165, 1.54) is 67.2 Å². The first-order valence-electron chi connectivity index (χ1n) is 25.2. The molecule has 1 aliphatic carbocycles. The van der Waals surface area contributed by atoms with Crippen LogP contribution in [-0.4, -0.2) is 4.57 Å². The predicted molar refractivity (Wildman–Crippen MR) is 309 cm³/mol. The van der Waals surface area contributed by atoms with Crippen LogP contribution in [0.5, 0.6) is 0 Å². The highest BCUT2D eigenvalue weighted by molar-refractivity contribution is 6.11. The lowest BCUT2D eigenvalue weighted by atomic mass is 9.67. The van der Waals surface area contributed by atoms with E-state index in [0.717, 1.165) is 58.6 Å². The third-order valence-electron chi connectivity index (χ3n) is 14.1. The number of allylic oxidation sites excluding steroid dienone is 15. The van der Waals surface area contributed by atoms with Crippen LogP contribution in [0.4, 0.5) is 11.4 Å². The maximum atomic E-state index is 4.16. The Morgan fingerprint density at radius 2 is 1.18 bits per heavy atom. The summed E-state index contributed by atoms with van der Waals surface area (Å²) in [5, 5.41) is 2.43. The standard InChI is InChI=1S/C69H64N2/c1-7-12-23-51(10-4)58-36-44-67-64(49-58)65-50-59(52(11-5)24-13-8-2)37-45-68(65)71(67)63-42-34-56(35-43-63)55-32-40-62(41-33-55)70(61-38-30-54(31-39-61)53-25-16-14-17-26-53)48-46-57(22-9-3)66-29-20-21-47-69(66,6)60-27-18-15-19-28-60/h7,9-19,22-46,48-50H,3-4,8,20-21,47H2,1-2,5-6H3/b12-7-,24-13-,48-46-,51-23+,52-11+,57-22+. The minimum atomic E-state index is -0.104. The Bertz CT molecular complexity index is 3380. The zero-order chi connectivity index (χ0) is 49.2. The van der Waals surface area contributed by atoms with Crippen LogP contribution >= 0.6 is 0 Å². The van der Waals surface area contributed by atoms with Crippen LogP contribution in [0.15, 0.2) is 267 Å². The van der Waals surface area contributed by atoms with Gasteiger partial charge in [-0.25, -0.2) is 0 Å². The maximum Gasteiger partial charge on any atom is 0.0541 e. The van der Waals surface area contributed by atoms with Gasteiger partial charge in [0, 0.05) is 39.4 Å². The van der Waals surface area contributed by atoms with Gasteiger partial charge < -0.3 is 9.47 Å². The summed E-state index contributed by atoms with van der Waals surface area (Å²) in [7, 11) is 0. The van der Waals surface area contributed by atoms with E-state index >= 15 is 0 Å². The molecule has 1 atom stereocenters. The maximum absolute atomic E-state index is 4.16. The van der Waals surface area contributed by atoms with Crippen molar-refractivity contribution in [3.8, 4) is 27.9 Å². The van der Waals surface area contributed by atoms with E-state index in [-0.39, 0.29) is 5.41 Å². The molecule has 7 aromatic carbocycles. The lowest BCUT2D eigenvalue weighted by Gasteiger charge is -2.37. The van der Waals surface area contributed by atoms with Crippen LogP contribution < -0.4 is 4.90 Å². The highest BCUT2D eigenvalue weighted by Gasteiger charge is 2.34. The van der Waals surface area contributed by atoms with Gasteiger partial charge in [0.1, 0.15) is 0 Å². The summed E-state index contributed by atoms with van der Waals surface area (Å²) < 4.78 is 2.40. The predicted octanol–water partition coefficient (Wildman–Crippen LogP) is 19.5. The molecule has 0 fully saturated rings. The van der Waals surface area contributed by atoms with Gasteiger partial charge in [0.2, 0.25) is 0 Å². The van der Waals surface area contributed by atoms with Crippen molar-refractivity contribution in [3.05, 3.63) is 284 Å². The molecule has 0 N–H and O–H groups in total. The molecule has 8 aromatic rings. The zero-order valence-corrected chi connectivity index (χ0v) is 41.7. The Morgan fingerprint density at radius 3 is 1.73 bits per heavy atom. The van der Waals surface area contributed by atoms with Crippen molar-refractivity contribution < 1.29 is 0 Å². The van der Waals surface area contributed by atoms with Crippen molar-refractivity contribution in [3.63, 3.8) is 0 Å². The van der Waals surface area contributed by atoms with Crippen LogP contribution in [-0.2, 0) is 5.41 Å². The quantitative estimate of drug-likeness (QED) is 0.0877. The molecule has 0 radical (unpaired) electrons. The number of aromatic nitrogens is 1. The first kappa shape index (κ1) is 47.8. The van der Waals surface area contributed by atoms with Crippen molar-refractivity contribution in [2.45, 2.75) is 58.8 Å². The second-order valence-corrected chi connectivity index (χ2v) is 18.5. The van der Waals surface area contributed by atoms with Crippen molar-refractivity contribution in [1.82, 2.24) is 4.57 Å². The molecule has 1 heterocycles. The summed E-state index contributed by atoms with van der Waals surface area (Å²) >= 11 is 0. The van der Waals surface area contributed by atoms with Crippen LogP contribution in [0, 0.1) is 0 Å². The monoisotopic (exact) mass is 921 g/mol.